The molecule has 10 aromatic carbocycles. The largest absolute Gasteiger partial charge is 0.309 e. The zero-order valence-electron chi connectivity index (χ0n) is 30.5. The minimum Gasteiger partial charge on any atom is -0.309 e. The van der Waals surface area contributed by atoms with Crippen molar-refractivity contribution in [1.29, 1.82) is 0 Å². The minimum atomic E-state index is 1.15. The molecule has 0 saturated carbocycles. The van der Waals surface area contributed by atoms with Gasteiger partial charge in [0.15, 0.2) is 0 Å². The van der Waals surface area contributed by atoms with E-state index in [1.807, 2.05) is 0 Å². The van der Waals surface area contributed by atoms with E-state index in [1.54, 1.807) is 0 Å². The zero-order chi connectivity index (χ0) is 36.7. The number of nitrogens with zero attached hydrogens (tertiary/aromatic N) is 2. The molecule has 2 heteroatoms. The summed E-state index contributed by atoms with van der Waals surface area (Å²) in [4.78, 5) is 0. The molecule has 0 radical (unpaired) electrons. The highest BCUT2D eigenvalue weighted by atomic mass is 15.0. The van der Waals surface area contributed by atoms with E-state index in [-0.39, 0.29) is 0 Å². The topological polar surface area (TPSA) is 9.86 Å². The Hall–Kier alpha value is -7.42. The number of benzene rings is 10. The van der Waals surface area contributed by atoms with Crippen molar-refractivity contribution in [2.45, 2.75) is 0 Å². The Balaban J connectivity index is 0.988. The molecule has 0 amide bonds. The number of rotatable bonds is 4. The van der Waals surface area contributed by atoms with E-state index in [4.69, 9.17) is 0 Å². The normalized spacial score (nSPS) is 11.9. The van der Waals surface area contributed by atoms with E-state index in [0.717, 1.165) is 5.69 Å². The molecule has 56 heavy (non-hydrogen) atoms. The molecule has 12 aromatic rings. The molecule has 0 N–H and O–H groups in total. The lowest BCUT2D eigenvalue weighted by molar-refractivity contribution is 1.18. The molecule has 2 nitrogen and oxygen atoms in total. The van der Waals surface area contributed by atoms with Gasteiger partial charge >= 0.3 is 0 Å². The Morgan fingerprint density at radius 2 is 0.571 bits per heavy atom. The molecule has 0 aliphatic carbocycles. The summed E-state index contributed by atoms with van der Waals surface area (Å²) < 4.78 is 4.80. The SMILES string of the molecule is c1ccc(-n2c3ccccc3c3cc(-c4ccc(-n5c6ccccc6c6ccc(-c7ccc8c9ccccc9c9ccccc9c8c7)cc65)cc4)ccc32)cc1. The first kappa shape index (κ1) is 31.0. The summed E-state index contributed by atoms with van der Waals surface area (Å²) in [6.07, 6.45) is 0. The zero-order valence-corrected chi connectivity index (χ0v) is 30.5. The summed E-state index contributed by atoms with van der Waals surface area (Å²) in [5, 5.41) is 12.8. The molecule has 0 fully saturated rings. The molecule has 12 rings (SSSR count). The van der Waals surface area contributed by atoms with E-state index in [2.05, 4.69) is 215 Å². The van der Waals surface area contributed by atoms with Crippen LogP contribution in [0.15, 0.2) is 206 Å². The molecule has 0 unspecified atom stereocenters. The van der Waals surface area contributed by atoms with Crippen LogP contribution in [0.5, 0.6) is 0 Å². The van der Waals surface area contributed by atoms with Crippen molar-refractivity contribution >= 4 is 75.9 Å². The molecular weight excluding hydrogens is 677 g/mol. The summed E-state index contributed by atoms with van der Waals surface area (Å²) in [6, 6.07) is 75.7. The second-order valence-corrected chi connectivity index (χ2v) is 14.9. The van der Waals surface area contributed by atoms with Crippen LogP contribution in [-0.2, 0) is 0 Å². The molecule has 0 aliphatic rings. The number of fused-ring (bicyclic) bond motifs is 12. The van der Waals surface area contributed by atoms with Gasteiger partial charge < -0.3 is 9.13 Å². The van der Waals surface area contributed by atoms with E-state index in [0.29, 0.717) is 0 Å². The van der Waals surface area contributed by atoms with Crippen LogP contribution in [0.25, 0.3) is 110 Å². The third kappa shape index (κ3) is 4.57. The molecule has 0 atom stereocenters. The first-order valence-corrected chi connectivity index (χ1v) is 19.3. The first-order chi connectivity index (χ1) is 27.8. The fourth-order valence-electron chi connectivity index (χ4n) is 9.33. The van der Waals surface area contributed by atoms with Gasteiger partial charge in [-0.05, 0) is 115 Å². The Kier molecular flexibility index (Phi) is 6.66. The highest BCUT2D eigenvalue weighted by Crippen LogP contribution is 2.40. The number of hydrogen-bond acceptors (Lipinski definition) is 0. The number of hydrogen-bond donors (Lipinski definition) is 0. The molecule has 0 aliphatic heterocycles. The lowest BCUT2D eigenvalue weighted by atomic mass is 9.92. The maximum absolute atomic E-state index is 2.43. The van der Waals surface area contributed by atoms with Gasteiger partial charge in [-0.1, -0.05) is 146 Å². The minimum absolute atomic E-state index is 1.15. The maximum Gasteiger partial charge on any atom is 0.0547 e. The van der Waals surface area contributed by atoms with Crippen molar-refractivity contribution in [3.05, 3.63) is 206 Å². The van der Waals surface area contributed by atoms with E-state index in [1.165, 1.54) is 104 Å². The fourth-order valence-corrected chi connectivity index (χ4v) is 9.33. The van der Waals surface area contributed by atoms with Crippen LogP contribution in [0.1, 0.15) is 0 Å². The van der Waals surface area contributed by atoms with Crippen molar-refractivity contribution in [3.8, 4) is 33.6 Å². The average molecular weight is 711 g/mol. The van der Waals surface area contributed by atoms with Crippen LogP contribution in [0.4, 0.5) is 0 Å². The number of aromatic nitrogens is 2. The summed E-state index contributed by atoms with van der Waals surface area (Å²) in [7, 11) is 0. The number of para-hydroxylation sites is 3. The van der Waals surface area contributed by atoms with Crippen LogP contribution in [0, 0.1) is 0 Å². The van der Waals surface area contributed by atoms with Crippen molar-refractivity contribution in [2.24, 2.45) is 0 Å². The molecular formula is C54H34N2. The monoisotopic (exact) mass is 710 g/mol. The molecule has 2 aromatic heterocycles. The third-order valence-electron chi connectivity index (χ3n) is 11.9. The van der Waals surface area contributed by atoms with Gasteiger partial charge in [0, 0.05) is 32.9 Å². The highest BCUT2D eigenvalue weighted by molar-refractivity contribution is 6.26. The van der Waals surface area contributed by atoms with Gasteiger partial charge in [0.1, 0.15) is 0 Å². The fraction of sp³-hybridized carbons (Fsp3) is 0. The van der Waals surface area contributed by atoms with E-state index in [9.17, 15) is 0 Å². The first-order valence-electron chi connectivity index (χ1n) is 19.3. The third-order valence-corrected chi connectivity index (χ3v) is 11.9. The second-order valence-electron chi connectivity index (χ2n) is 14.9. The summed E-state index contributed by atoms with van der Waals surface area (Å²) in [5.74, 6) is 0. The summed E-state index contributed by atoms with van der Waals surface area (Å²) in [6.45, 7) is 0. The van der Waals surface area contributed by atoms with Gasteiger partial charge in [0.05, 0.1) is 22.1 Å². The molecule has 2 heterocycles. The van der Waals surface area contributed by atoms with Gasteiger partial charge in [-0.25, -0.2) is 0 Å². The lowest BCUT2D eigenvalue weighted by Gasteiger charge is -2.13. The maximum atomic E-state index is 2.43. The van der Waals surface area contributed by atoms with Crippen LogP contribution >= 0.6 is 0 Å². The summed E-state index contributed by atoms with van der Waals surface area (Å²) in [5.41, 5.74) is 12.0. The van der Waals surface area contributed by atoms with Crippen LogP contribution in [0.3, 0.4) is 0 Å². The van der Waals surface area contributed by atoms with Crippen molar-refractivity contribution in [1.82, 2.24) is 9.13 Å². The van der Waals surface area contributed by atoms with Gasteiger partial charge in [-0.15, -0.1) is 0 Å². The lowest BCUT2D eigenvalue weighted by Crippen LogP contribution is -1.94. The summed E-state index contributed by atoms with van der Waals surface area (Å²) >= 11 is 0. The molecule has 260 valence electrons. The van der Waals surface area contributed by atoms with Gasteiger partial charge in [-0.3, -0.25) is 0 Å². The Morgan fingerprint density at radius 3 is 1.23 bits per heavy atom. The van der Waals surface area contributed by atoms with Crippen molar-refractivity contribution in [2.75, 3.05) is 0 Å². The molecule has 0 bridgehead atoms. The molecule has 0 saturated heterocycles. The Morgan fingerprint density at radius 1 is 0.196 bits per heavy atom. The second kappa shape index (κ2) is 12.0. The van der Waals surface area contributed by atoms with Gasteiger partial charge in [-0.2, -0.15) is 0 Å². The van der Waals surface area contributed by atoms with Gasteiger partial charge in [0.25, 0.3) is 0 Å². The highest BCUT2D eigenvalue weighted by Gasteiger charge is 2.16. The molecule has 0 spiro atoms. The van der Waals surface area contributed by atoms with Crippen molar-refractivity contribution < 1.29 is 0 Å². The van der Waals surface area contributed by atoms with Crippen LogP contribution in [0.2, 0.25) is 0 Å². The quantitative estimate of drug-likeness (QED) is 0.161. The van der Waals surface area contributed by atoms with E-state index < -0.39 is 0 Å². The average Bonchev–Trinajstić information content (AvgIpc) is 3.79. The van der Waals surface area contributed by atoms with Crippen LogP contribution in [-0.4, -0.2) is 9.13 Å². The Labute approximate surface area is 323 Å². The van der Waals surface area contributed by atoms with Crippen LogP contribution < -0.4 is 0 Å². The standard InChI is InChI=1S/C54H34N2/c1-2-12-39(13-3-1)55-52-21-11-9-19-47(52)50-33-36(26-31-53(50)55)35-22-27-40(28-23-35)56-51-20-10-8-18-46(51)48-30-25-38(34-54(48)56)37-24-29-45-43-16-5-4-14-41(43)42-15-6-7-17-44(42)49(45)32-37/h1-34H. The van der Waals surface area contributed by atoms with Gasteiger partial charge in [0.2, 0.25) is 0 Å². The smallest absolute Gasteiger partial charge is 0.0547 e. The van der Waals surface area contributed by atoms with Crippen molar-refractivity contribution in [3.63, 3.8) is 0 Å². The van der Waals surface area contributed by atoms with E-state index >= 15 is 0 Å². The predicted molar refractivity (Wildman–Crippen MR) is 239 cm³/mol. The Bertz CT molecular complexity index is 3480. The predicted octanol–water partition coefficient (Wildman–Crippen LogP) is 14.7.